The van der Waals surface area contributed by atoms with Crippen LogP contribution in [0.15, 0.2) is 36.0 Å². The summed E-state index contributed by atoms with van der Waals surface area (Å²) in [6.45, 7) is 0.140. The summed E-state index contributed by atoms with van der Waals surface area (Å²) >= 11 is 0. The van der Waals surface area contributed by atoms with E-state index in [9.17, 15) is 0 Å². The maximum absolute atomic E-state index is 8.46. The summed E-state index contributed by atoms with van der Waals surface area (Å²) in [5, 5.41) is 8.46. The monoisotopic (exact) mass is 136 g/mol. The standard InChI is InChI=1S/C9H12O/c10-8-4-7-9-5-2-1-3-6-9/h1-2,4-5,7,10H,3,6,8H2. The zero-order valence-corrected chi connectivity index (χ0v) is 5.96. The molecular weight excluding hydrogens is 124 g/mol. The van der Waals surface area contributed by atoms with Gasteiger partial charge < -0.3 is 5.11 Å². The molecule has 0 atom stereocenters. The normalized spacial score (nSPS) is 17.9. The third kappa shape index (κ3) is 2.19. The van der Waals surface area contributed by atoms with Crippen LogP contribution in [-0.4, -0.2) is 11.7 Å². The van der Waals surface area contributed by atoms with Gasteiger partial charge in [0.15, 0.2) is 0 Å². The molecular formula is C9H12O. The second-order valence-electron chi connectivity index (χ2n) is 2.29. The molecule has 0 spiro atoms. The lowest BCUT2D eigenvalue weighted by Crippen LogP contribution is -1.83. The van der Waals surface area contributed by atoms with E-state index in [1.165, 1.54) is 5.57 Å². The number of hydrogen-bond acceptors (Lipinski definition) is 1. The summed E-state index contributed by atoms with van der Waals surface area (Å²) in [7, 11) is 0. The van der Waals surface area contributed by atoms with Gasteiger partial charge in [0.2, 0.25) is 0 Å². The van der Waals surface area contributed by atoms with E-state index in [4.69, 9.17) is 5.11 Å². The van der Waals surface area contributed by atoms with Crippen LogP contribution in [0.4, 0.5) is 0 Å². The molecule has 10 heavy (non-hydrogen) atoms. The molecule has 1 aliphatic carbocycles. The fourth-order valence-corrected chi connectivity index (χ4v) is 0.964. The van der Waals surface area contributed by atoms with Crippen LogP contribution in [0.2, 0.25) is 0 Å². The molecule has 0 saturated heterocycles. The van der Waals surface area contributed by atoms with Crippen molar-refractivity contribution in [3.8, 4) is 0 Å². The summed E-state index contributed by atoms with van der Waals surface area (Å²) in [5.41, 5.74) is 1.30. The quantitative estimate of drug-likeness (QED) is 0.613. The zero-order chi connectivity index (χ0) is 7.23. The van der Waals surface area contributed by atoms with Gasteiger partial charge in [0.1, 0.15) is 0 Å². The molecule has 0 amide bonds. The molecule has 1 aliphatic rings. The first kappa shape index (κ1) is 7.29. The lowest BCUT2D eigenvalue weighted by molar-refractivity contribution is 0.342. The predicted molar refractivity (Wildman–Crippen MR) is 42.7 cm³/mol. The first-order chi connectivity index (χ1) is 4.93. The van der Waals surface area contributed by atoms with Crippen molar-refractivity contribution in [2.24, 2.45) is 0 Å². The van der Waals surface area contributed by atoms with Crippen LogP contribution in [0, 0.1) is 0 Å². The van der Waals surface area contributed by atoms with Gasteiger partial charge in [-0.25, -0.2) is 0 Å². The predicted octanol–water partition coefficient (Wildman–Crippen LogP) is 1.81. The Bertz CT molecular complexity index is 175. The molecule has 0 radical (unpaired) electrons. The van der Waals surface area contributed by atoms with Crippen molar-refractivity contribution in [2.45, 2.75) is 12.8 Å². The maximum Gasteiger partial charge on any atom is 0.0615 e. The third-order valence-corrected chi connectivity index (χ3v) is 1.48. The van der Waals surface area contributed by atoms with Crippen LogP contribution in [0.5, 0.6) is 0 Å². The molecule has 0 fully saturated rings. The van der Waals surface area contributed by atoms with Gasteiger partial charge in [-0.05, 0) is 18.4 Å². The summed E-state index contributed by atoms with van der Waals surface area (Å²) in [4.78, 5) is 0. The van der Waals surface area contributed by atoms with E-state index in [1.807, 2.05) is 6.08 Å². The highest BCUT2D eigenvalue weighted by atomic mass is 16.2. The summed E-state index contributed by atoms with van der Waals surface area (Å²) < 4.78 is 0. The summed E-state index contributed by atoms with van der Waals surface area (Å²) in [6.07, 6.45) is 12.3. The SMILES string of the molecule is OCC=CC1=CC=CCC1. The molecule has 0 unspecified atom stereocenters. The van der Waals surface area contributed by atoms with Crippen LogP contribution in [-0.2, 0) is 0 Å². The van der Waals surface area contributed by atoms with E-state index >= 15 is 0 Å². The van der Waals surface area contributed by atoms with E-state index < -0.39 is 0 Å². The summed E-state index contributed by atoms with van der Waals surface area (Å²) in [5.74, 6) is 0. The zero-order valence-electron chi connectivity index (χ0n) is 5.96. The van der Waals surface area contributed by atoms with Gasteiger partial charge in [-0.3, -0.25) is 0 Å². The van der Waals surface area contributed by atoms with Crippen molar-refractivity contribution in [3.05, 3.63) is 36.0 Å². The molecule has 0 aromatic carbocycles. The molecule has 0 saturated carbocycles. The van der Waals surface area contributed by atoms with Gasteiger partial charge in [0.25, 0.3) is 0 Å². The van der Waals surface area contributed by atoms with E-state index in [-0.39, 0.29) is 6.61 Å². The second kappa shape index (κ2) is 4.07. The van der Waals surface area contributed by atoms with E-state index in [0.29, 0.717) is 0 Å². The van der Waals surface area contributed by atoms with Crippen LogP contribution in [0.3, 0.4) is 0 Å². The van der Waals surface area contributed by atoms with Gasteiger partial charge in [0.05, 0.1) is 6.61 Å². The lowest BCUT2D eigenvalue weighted by Gasteiger charge is -2.01. The highest BCUT2D eigenvalue weighted by molar-refractivity contribution is 5.27. The van der Waals surface area contributed by atoms with Crippen molar-refractivity contribution in [1.82, 2.24) is 0 Å². The van der Waals surface area contributed by atoms with E-state index in [1.54, 1.807) is 6.08 Å². The minimum atomic E-state index is 0.140. The first-order valence-electron chi connectivity index (χ1n) is 3.56. The Balaban J connectivity index is 2.47. The van der Waals surface area contributed by atoms with Crippen LogP contribution >= 0.6 is 0 Å². The van der Waals surface area contributed by atoms with Crippen molar-refractivity contribution in [2.75, 3.05) is 6.61 Å². The van der Waals surface area contributed by atoms with Gasteiger partial charge in [-0.15, -0.1) is 0 Å². The Kier molecular flexibility index (Phi) is 2.97. The molecule has 0 heterocycles. The van der Waals surface area contributed by atoms with Crippen LogP contribution in [0.25, 0.3) is 0 Å². The van der Waals surface area contributed by atoms with Crippen molar-refractivity contribution < 1.29 is 5.11 Å². The van der Waals surface area contributed by atoms with Gasteiger partial charge in [-0.2, -0.15) is 0 Å². The van der Waals surface area contributed by atoms with E-state index in [2.05, 4.69) is 18.2 Å². The van der Waals surface area contributed by atoms with Gasteiger partial charge in [-0.1, -0.05) is 30.4 Å². The largest absolute Gasteiger partial charge is 0.392 e. The lowest BCUT2D eigenvalue weighted by atomic mass is 10.1. The van der Waals surface area contributed by atoms with Crippen molar-refractivity contribution >= 4 is 0 Å². The number of aliphatic hydroxyl groups is 1. The molecule has 0 aromatic heterocycles. The molecule has 1 nitrogen and oxygen atoms in total. The Hall–Kier alpha value is -0.820. The van der Waals surface area contributed by atoms with Crippen molar-refractivity contribution in [3.63, 3.8) is 0 Å². The Morgan fingerprint density at radius 3 is 3.10 bits per heavy atom. The highest BCUT2D eigenvalue weighted by Crippen LogP contribution is 2.12. The summed E-state index contributed by atoms with van der Waals surface area (Å²) in [6, 6.07) is 0. The Morgan fingerprint density at radius 1 is 1.60 bits per heavy atom. The molecule has 54 valence electrons. The molecule has 0 bridgehead atoms. The Morgan fingerprint density at radius 2 is 2.50 bits per heavy atom. The molecule has 1 N–H and O–H groups in total. The van der Waals surface area contributed by atoms with Gasteiger partial charge in [0, 0.05) is 0 Å². The van der Waals surface area contributed by atoms with Crippen molar-refractivity contribution in [1.29, 1.82) is 0 Å². The van der Waals surface area contributed by atoms with Gasteiger partial charge >= 0.3 is 0 Å². The number of aliphatic hydroxyl groups excluding tert-OH is 1. The molecule has 0 aliphatic heterocycles. The molecule has 1 rings (SSSR count). The minimum absolute atomic E-state index is 0.140. The van der Waals surface area contributed by atoms with Crippen LogP contribution < -0.4 is 0 Å². The first-order valence-corrected chi connectivity index (χ1v) is 3.56. The van der Waals surface area contributed by atoms with Crippen LogP contribution in [0.1, 0.15) is 12.8 Å². The fraction of sp³-hybridized carbons (Fsp3) is 0.333. The average molecular weight is 136 g/mol. The smallest absolute Gasteiger partial charge is 0.0615 e. The number of rotatable bonds is 2. The fourth-order valence-electron chi connectivity index (χ4n) is 0.964. The number of hydrogen-bond donors (Lipinski definition) is 1. The Labute approximate surface area is 61.4 Å². The highest BCUT2D eigenvalue weighted by Gasteiger charge is 1.92. The molecule has 1 heteroatoms. The van der Waals surface area contributed by atoms with E-state index in [0.717, 1.165) is 12.8 Å². The average Bonchev–Trinajstić information content (AvgIpc) is 2.03. The third-order valence-electron chi connectivity index (χ3n) is 1.48. The second-order valence-corrected chi connectivity index (χ2v) is 2.29. The minimum Gasteiger partial charge on any atom is -0.392 e. The molecule has 0 aromatic rings. The maximum atomic E-state index is 8.46. The topological polar surface area (TPSA) is 20.2 Å². The number of allylic oxidation sites excluding steroid dienone is 5.